The van der Waals surface area contributed by atoms with E-state index in [1.807, 2.05) is 12.1 Å². The molecule has 0 spiro atoms. The van der Waals surface area contributed by atoms with Gasteiger partial charge >= 0.3 is 0 Å². The third-order valence-electron chi connectivity index (χ3n) is 4.14. The lowest BCUT2D eigenvalue weighted by Gasteiger charge is -2.05. The molecule has 2 aromatic heterocycles. The van der Waals surface area contributed by atoms with Gasteiger partial charge in [0, 0.05) is 11.4 Å². The third-order valence-corrected chi connectivity index (χ3v) is 4.98. The highest BCUT2D eigenvalue weighted by Crippen LogP contribution is 2.38. The average molecular weight is 310 g/mol. The molecule has 1 aliphatic rings. The maximum absolute atomic E-state index is 5.58. The van der Waals surface area contributed by atoms with E-state index in [2.05, 4.69) is 42.0 Å². The quantitative estimate of drug-likeness (QED) is 0.670. The number of aryl methyl sites for hydroxylation is 2. The van der Waals surface area contributed by atoms with Crippen LogP contribution in [0.4, 0.5) is 5.69 Å². The van der Waals surface area contributed by atoms with Gasteiger partial charge in [0.1, 0.15) is 0 Å². The van der Waals surface area contributed by atoms with Crippen molar-refractivity contribution >= 4 is 17.0 Å². The van der Waals surface area contributed by atoms with Crippen LogP contribution in [0, 0.1) is 13.8 Å². The topological polar surface area (TPSA) is 30.4 Å². The molecule has 112 valence electrons. The number of thiazole rings is 1. The van der Waals surface area contributed by atoms with E-state index in [-0.39, 0.29) is 0 Å². The zero-order chi connectivity index (χ0) is 15.1. The van der Waals surface area contributed by atoms with Crippen LogP contribution in [0.5, 0.6) is 0 Å². The van der Waals surface area contributed by atoms with Gasteiger partial charge in [-0.2, -0.15) is 0 Å². The van der Waals surface area contributed by atoms with Crippen LogP contribution in [-0.4, -0.2) is 4.57 Å². The van der Waals surface area contributed by atoms with Gasteiger partial charge < -0.3 is 8.98 Å². The van der Waals surface area contributed by atoms with Crippen molar-refractivity contribution in [1.29, 1.82) is 0 Å². The van der Waals surface area contributed by atoms with Gasteiger partial charge in [0.15, 0.2) is 10.6 Å². The minimum absolute atomic E-state index is 0.566. The summed E-state index contributed by atoms with van der Waals surface area (Å²) in [5.74, 6) is 0.921. The van der Waals surface area contributed by atoms with Crippen LogP contribution >= 0.6 is 11.3 Å². The van der Waals surface area contributed by atoms with Crippen LogP contribution in [-0.2, 0) is 0 Å². The summed E-state index contributed by atoms with van der Waals surface area (Å²) in [5, 5.41) is 2.15. The normalized spacial score (nSPS) is 15.5. The Labute approximate surface area is 133 Å². The Kier molecular flexibility index (Phi) is 3.26. The Bertz CT molecular complexity index is 867. The fourth-order valence-corrected chi connectivity index (χ4v) is 3.56. The zero-order valence-electron chi connectivity index (χ0n) is 12.7. The van der Waals surface area contributed by atoms with E-state index in [4.69, 9.17) is 9.41 Å². The molecule has 1 aromatic carbocycles. The highest BCUT2D eigenvalue weighted by atomic mass is 32.1. The van der Waals surface area contributed by atoms with Gasteiger partial charge in [-0.15, -0.1) is 11.3 Å². The number of nitrogens with zero attached hydrogens (tertiary/aromatic N) is 2. The van der Waals surface area contributed by atoms with E-state index in [1.165, 1.54) is 24.0 Å². The first-order valence-corrected chi connectivity index (χ1v) is 8.46. The number of aromatic nitrogens is 1. The molecule has 0 amide bonds. The second kappa shape index (κ2) is 5.29. The molecule has 4 rings (SSSR count). The van der Waals surface area contributed by atoms with E-state index in [1.54, 1.807) is 17.6 Å². The summed E-state index contributed by atoms with van der Waals surface area (Å²) in [7, 11) is 0. The molecule has 1 saturated carbocycles. The van der Waals surface area contributed by atoms with Gasteiger partial charge in [-0.05, 0) is 62.1 Å². The molecule has 1 fully saturated rings. The average Bonchev–Trinajstić information content (AvgIpc) is 3.04. The van der Waals surface area contributed by atoms with E-state index in [0.717, 1.165) is 21.9 Å². The van der Waals surface area contributed by atoms with Crippen molar-refractivity contribution in [1.82, 2.24) is 4.57 Å². The van der Waals surface area contributed by atoms with Crippen molar-refractivity contribution in [3.8, 4) is 11.5 Å². The van der Waals surface area contributed by atoms with Crippen molar-refractivity contribution in [2.24, 2.45) is 4.99 Å². The fourth-order valence-electron chi connectivity index (χ4n) is 2.60. The van der Waals surface area contributed by atoms with Crippen LogP contribution in [0.3, 0.4) is 0 Å². The minimum atomic E-state index is 0.566. The number of benzene rings is 1. The van der Waals surface area contributed by atoms with Crippen molar-refractivity contribution in [2.45, 2.75) is 32.7 Å². The predicted octanol–water partition coefficient (Wildman–Crippen LogP) is 4.99. The molecule has 0 aliphatic heterocycles. The fraction of sp³-hybridized carbons (Fsp3) is 0.278. The summed E-state index contributed by atoms with van der Waals surface area (Å²) >= 11 is 1.68. The zero-order valence-corrected chi connectivity index (χ0v) is 13.6. The molecular weight excluding hydrogens is 292 g/mol. The SMILES string of the molecule is Cc1ccc(N=c2scc(-c3ccco3)n2C2CC2)cc1C. The highest BCUT2D eigenvalue weighted by molar-refractivity contribution is 7.07. The molecule has 3 aromatic rings. The molecule has 1 aliphatic carbocycles. The Morgan fingerprint density at radius 2 is 2.05 bits per heavy atom. The molecule has 2 heterocycles. The van der Waals surface area contributed by atoms with Crippen molar-refractivity contribution in [3.05, 3.63) is 57.9 Å². The molecule has 0 bridgehead atoms. The van der Waals surface area contributed by atoms with E-state index in [9.17, 15) is 0 Å². The predicted molar refractivity (Wildman–Crippen MR) is 89.4 cm³/mol. The summed E-state index contributed by atoms with van der Waals surface area (Å²) in [6.07, 6.45) is 4.18. The monoisotopic (exact) mass is 310 g/mol. The highest BCUT2D eigenvalue weighted by Gasteiger charge is 2.28. The number of furan rings is 1. The van der Waals surface area contributed by atoms with Crippen molar-refractivity contribution in [2.75, 3.05) is 0 Å². The van der Waals surface area contributed by atoms with Gasteiger partial charge in [0.05, 0.1) is 17.6 Å². The van der Waals surface area contributed by atoms with E-state index >= 15 is 0 Å². The van der Waals surface area contributed by atoms with E-state index in [0.29, 0.717) is 6.04 Å². The summed E-state index contributed by atoms with van der Waals surface area (Å²) in [5.41, 5.74) is 4.74. The van der Waals surface area contributed by atoms with E-state index < -0.39 is 0 Å². The molecule has 4 heteroatoms. The summed E-state index contributed by atoms with van der Waals surface area (Å²) in [4.78, 5) is 5.93. The summed E-state index contributed by atoms with van der Waals surface area (Å²) in [6, 6.07) is 10.9. The van der Waals surface area contributed by atoms with Crippen LogP contribution in [0.15, 0.2) is 51.4 Å². The smallest absolute Gasteiger partial charge is 0.190 e. The lowest BCUT2D eigenvalue weighted by Crippen LogP contribution is -2.14. The standard InChI is InChI=1S/C18H18N2OS/c1-12-5-6-14(10-13(12)2)19-18-20(15-7-8-15)16(11-22-18)17-4-3-9-21-17/h3-6,9-11,15H,7-8H2,1-2H3. The molecule has 0 N–H and O–H groups in total. The van der Waals surface area contributed by atoms with Gasteiger partial charge in [-0.3, -0.25) is 0 Å². The third kappa shape index (κ3) is 2.44. The van der Waals surface area contributed by atoms with Gasteiger partial charge in [0.2, 0.25) is 0 Å². The molecule has 3 nitrogen and oxygen atoms in total. The van der Waals surface area contributed by atoms with Gasteiger partial charge in [0.25, 0.3) is 0 Å². The molecule has 0 atom stereocenters. The Hall–Kier alpha value is -2.07. The van der Waals surface area contributed by atoms with Crippen LogP contribution in [0.2, 0.25) is 0 Å². The first-order valence-electron chi connectivity index (χ1n) is 7.58. The Balaban J connectivity index is 1.85. The van der Waals surface area contributed by atoms with Crippen molar-refractivity contribution < 1.29 is 4.42 Å². The lowest BCUT2D eigenvalue weighted by molar-refractivity contribution is 0.570. The lowest BCUT2D eigenvalue weighted by atomic mass is 10.1. The second-order valence-electron chi connectivity index (χ2n) is 5.86. The first kappa shape index (κ1) is 13.6. The molecule has 22 heavy (non-hydrogen) atoms. The number of hydrogen-bond donors (Lipinski definition) is 0. The summed E-state index contributed by atoms with van der Waals surface area (Å²) < 4.78 is 7.91. The largest absolute Gasteiger partial charge is 0.463 e. The number of hydrogen-bond acceptors (Lipinski definition) is 3. The Morgan fingerprint density at radius 3 is 2.73 bits per heavy atom. The van der Waals surface area contributed by atoms with Gasteiger partial charge in [-0.1, -0.05) is 6.07 Å². The Morgan fingerprint density at radius 1 is 1.18 bits per heavy atom. The molecule has 0 unspecified atom stereocenters. The van der Waals surface area contributed by atoms with Crippen LogP contribution < -0.4 is 4.80 Å². The van der Waals surface area contributed by atoms with Gasteiger partial charge in [-0.25, -0.2) is 4.99 Å². The minimum Gasteiger partial charge on any atom is -0.463 e. The first-order chi connectivity index (χ1) is 10.7. The molecular formula is C18H18N2OS. The number of rotatable bonds is 3. The maximum atomic E-state index is 5.58. The summed E-state index contributed by atoms with van der Waals surface area (Å²) in [6.45, 7) is 4.26. The van der Waals surface area contributed by atoms with Crippen LogP contribution in [0.1, 0.15) is 30.0 Å². The maximum Gasteiger partial charge on any atom is 0.190 e. The molecule has 0 radical (unpaired) electrons. The van der Waals surface area contributed by atoms with Crippen molar-refractivity contribution in [3.63, 3.8) is 0 Å². The molecule has 0 saturated heterocycles. The van der Waals surface area contributed by atoms with Crippen LogP contribution in [0.25, 0.3) is 11.5 Å². The second-order valence-corrected chi connectivity index (χ2v) is 6.70.